The van der Waals surface area contributed by atoms with Gasteiger partial charge in [0.25, 0.3) is 5.91 Å². The lowest BCUT2D eigenvalue weighted by Gasteiger charge is -2.32. The maximum Gasteiger partial charge on any atom is 0.253 e. The van der Waals surface area contributed by atoms with Crippen molar-refractivity contribution in [3.05, 3.63) is 52.7 Å². The third-order valence-electron chi connectivity index (χ3n) is 5.66. The Balaban J connectivity index is 1.59. The molecule has 26 heavy (non-hydrogen) atoms. The zero-order chi connectivity index (χ0) is 18.4. The highest BCUT2D eigenvalue weighted by Crippen LogP contribution is 2.28. The molecule has 1 N–H and O–H groups in total. The number of hydrogen-bond donors (Lipinski definition) is 1. The van der Waals surface area contributed by atoms with Crippen LogP contribution in [0.15, 0.2) is 24.4 Å². The van der Waals surface area contributed by atoms with Gasteiger partial charge in [-0.2, -0.15) is 0 Å². The van der Waals surface area contributed by atoms with E-state index in [0.717, 1.165) is 59.6 Å². The fourth-order valence-corrected chi connectivity index (χ4v) is 4.16. The first kappa shape index (κ1) is 16.9. The molecule has 0 saturated carbocycles. The number of aryl methyl sites for hydroxylation is 4. The van der Waals surface area contributed by atoms with Crippen LogP contribution < -0.4 is 0 Å². The molecule has 1 saturated heterocycles. The number of likely N-dealkylation sites (tertiary alicyclic amines) is 1. The predicted octanol–water partition coefficient (Wildman–Crippen LogP) is 3.85. The number of aromatic amines is 1. The van der Waals surface area contributed by atoms with E-state index in [0.29, 0.717) is 5.92 Å². The summed E-state index contributed by atoms with van der Waals surface area (Å²) in [6.45, 7) is 7.75. The number of H-pyrrole nitrogens is 1. The molecule has 0 spiro atoms. The first-order valence-corrected chi connectivity index (χ1v) is 9.32. The number of piperidine rings is 1. The van der Waals surface area contributed by atoms with Crippen molar-refractivity contribution in [1.29, 1.82) is 0 Å². The van der Waals surface area contributed by atoms with Crippen LogP contribution in [0.5, 0.6) is 0 Å². The molecule has 4 rings (SSSR count). The van der Waals surface area contributed by atoms with Crippen LogP contribution in [0, 0.1) is 20.8 Å². The molecule has 0 radical (unpaired) electrons. The molecule has 5 heteroatoms. The molecule has 0 aliphatic carbocycles. The van der Waals surface area contributed by atoms with Crippen LogP contribution in [0.2, 0.25) is 0 Å². The molecule has 5 nitrogen and oxygen atoms in total. The molecule has 2 aromatic heterocycles. The number of rotatable bonds is 2. The molecule has 1 aromatic carbocycles. The van der Waals surface area contributed by atoms with E-state index in [9.17, 15) is 4.79 Å². The Bertz CT molecular complexity index is 981. The first-order chi connectivity index (χ1) is 12.4. The fourth-order valence-electron chi connectivity index (χ4n) is 4.16. The van der Waals surface area contributed by atoms with E-state index in [4.69, 9.17) is 0 Å². The number of carbonyl (C=O) groups is 1. The van der Waals surface area contributed by atoms with Crippen molar-refractivity contribution in [2.45, 2.75) is 39.5 Å². The number of nitrogens with one attached hydrogen (secondary N) is 1. The summed E-state index contributed by atoms with van der Waals surface area (Å²) in [6.07, 6.45) is 4.16. The van der Waals surface area contributed by atoms with Crippen molar-refractivity contribution < 1.29 is 4.79 Å². The second-order valence-corrected chi connectivity index (χ2v) is 7.58. The monoisotopic (exact) mass is 350 g/mol. The Morgan fingerprint density at radius 1 is 1.27 bits per heavy atom. The number of carbonyl (C=O) groups excluding carboxylic acids is 1. The Kier molecular flexibility index (Phi) is 4.10. The summed E-state index contributed by atoms with van der Waals surface area (Å²) in [5.74, 6) is 1.53. The number of imidazole rings is 1. The van der Waals surface area contributed by atoms with Gasteiger partial charge in [-0.15, -0.1) is 0 Å². The third kappa shape index (κ3) is 2.81. The van der Waals surface area contributed by atoms with Gasteiger partial charge in [0.2, 0.25) is 0 Å². The minimum Gasteiger partial charge on any atom is -0.358 e. The van der Waals surface area contributed by atoms with Gasteiger partial charge in [-0.1, -0.05) is 0 Å². The molecule has 0 bridgehead atoms. The number of hydrogen-bond acceptors (Lipinski definition) is 2. The lowest BCUT2D eigenvalue weighted by Crippen LogP contribution is -2.39. The van der Waals surface area contributed by atoms with Gasteiger partial charge in [0.15, 0.2) is 0 Å². The summed E-state index contributed by atoms with van der Waals surface area (Å²) in [7, 11) is 2.04. The molecule has 3 aromatic rings. The van der Waals surface area contributed by atoms with E-state index in [2.05, 4.69) is 34.6 Å². The normalized spacial score (nSPS) is 17.8. The molecule has 1 fully saturated rings. The molecule has 1 amide bonds. The first-order valence-electron chi connectivity index (χ1n) is 9.32. The molecule has 1 aliphatic heterocycles. The van der Waals surface area contributed by atoms with Crippen molar-refractivity contribution >= 4 is 16.8 Å². The van der Waals surface area contributed by atoms with Gasteiger partial charge < -0.3 is 14.5 Å². The second kappa shape index (κ2) is 6.31. The Morgan fingerprint density at radius 3 is 2.81 bits per heavy atom. The maximum atomic E-state index is 13.1. The highest BCUT2D eigenvalue weighted by molar-refractivity contribution is 5.99. The maximum absolute atomic E-state index is 13.1. The minimum atomic E-state index is 0.126. The standard InChI is InChI=1S/C21H26N4O/c1-13-11-24(4)20(22-13)17-6-5-9-25(12-17)21(26)16-7-8-19-18(10-16)14(2)15(3)23-19/h7-8,10-11,17,23H,5-6,9,12H2,1-4H3/t17-/m0/s1. The quantitative estimate of drug-likeness (QED) is 0.763. The SMILES string of the molecule is Cc1cn(C)c([C@H]2CCCN(C(=O)c3ccc4[nH]c(C)c(C)c4c3)C2)n1. The second-order valence-electron chi connectivity index (χ2n) is 7.58. The molecule has 136 valence electrons. The van der Waals surface area contributed by atoms with Crippen LogP contribution in [-0.4, -0.2) is 38.4 Å². The van der Waals surface area contributed by atoms with Crippen molar-refractivity contribution in [3.8, 4) is 0 Å². The Hall–Kier alpha value is -2.56. The van der Waals surface area contributed by atoms with E-state index in [-0.39, 0.29) is 5.91 Å². The lowest BCUT2D eigenvalue weighted by atomic mass is 9.96. The number of benzene rings is 1. The zero-order valence-electron chi connectivity index (χ0n) is 16.0. The number of nitrogens with zero attached hydrogens (tertiary/aromatic N) is 3. The van der Waals surface area contributed by atoms with Gasteiger partial charge in [0.05, 0.1) is 5.69 Å². The van der Waals surface area contributed by atoms with E-state index in [1.807, 2.05) is 37.1 Å². The lowest BCUT2D eigenvalue weighted by molar-refractivity contribution is 0.0703. The molecular weight excluding hydrogens is 324 g/mol. The van der Waals surface area contributed by atoms with Crippen molar-refractivity contribution in [2.75, 3.05) is 13.1 Å². The topological polar surface area (TPSA) is 53.9 Å². The molecular formula is C21H26N4O. The van der Waals surface area contributed by atoms with Gasteiger partial charge in [-0.25, -0.2) is 4.98 Å². The number of aromatic nitrogens is 3. The van der Waals surface area contributed by atoms with Crippen LogP contribution in [0.3, 0.4) is 0 Å². The van der Waals surface area contributed by atoms with Gasteiger partial charge in [-0.3, -0.25) is 4.79 Å². The summed E-state index contributed by atoms with van der Waals surface area (Å²) in [5, 5.41) is 1.14. The van der Waals surface area contributed by atoms with Crippen LogP contribution >= 0.6 is 0 Å². The van der Waals surface area contributed by atoms with E-state index in [1.165, 1.54) is 5.56 Å². The smallest absolute Gasteiger partial charge is 0.253 e. The van der Waals surface area contributed by atoms with Crippen LogP contribution in [0.1, 0.15) is 51.9 Å². The summed E-state index contributed by atoms with van der Waals surface area (Å²) < 4.78 is 2.10. The third-order valence-corrected chi connectivity index (χ3v) is 5.66. The molecule has 3 heterocycles. The minimum absolute atomic E-state index is 0.126. The molecule has 1 atom stereocenters. The largest absolute Gasteiger partial charge is 0.358 e. The van der Waals surface area contributed by atoms with Crippen LogP contribution in [0.4, 0.5) is 0 Å². The number of fused-ring (bicyclic) bond motifs is 1. The van der Waals surface area contributed by atoms with E-state index >= 15 is 0 Å². The number of amides is 1. The Labute approximate surface area is 154 Å². The summed E-state index contributed by atoms with van der Waals surface area (Å²) in [4.78, 5) is 23.2. The van der Waals surface area contributed by atoms with Crippen LogP contribution in [0.25, 0.3) is 10.9 Å². The molecule has 1 aliphatic rings. The van der Waals surface area contributed by atoms with Gasteiger partial charge >= 0.3 is 0 Å². The van der Waals surface area contributed by atoms with Crippen molar-refractivity contribution in [1.82, 2.24) is 19.4 Å². The van der Waals surface area contributed by atoms with Gasteiger partial charge in [-0.05, 0) is 57.4 Å². The van der Waals surface area contributed by atoms with E-state index in [1.54, 1.807) is 0 Å². The van der Waals surface area contributed by atoms with Crippen molar-refractivity contribution in [3.63, 3.8) is 0 Å². The molecule has 0 unspecified atom stereocenters. The highest BCUT2D eigenvalue weighted by atomic mass is 16.2. The van der Waals surface area contributed by atoms with Gasteiger partial charge in [0, 0.05) is 54.4 Å². The summed E-state index contributed by atoms with van der Waals surface area (Å²) in [6, 6.07) is 5.99. The average Bonchev–Trinajstić information content (AvgIpc) is 3.12. The average molecular weight is 350 g/mol. The fraction of sp³-hybridized carbons (Fsp3) is 0.429. The summed E-state index contributed by atoms with van der Waals surface area (Å²) in [5.41, 5.74) is 5.28. The summed E-state index contributed by atoms with van der Waals surface area (Å²) >= 11 is 0. The van der Waals surface area contributed by atoms with Gasteiger partial charge in [0.1, 0.15) is 5.82 Å². The Morgan fingerprint density at radius 2 is 2.08 bits per heavy atom. The van der Waals surface area contributed by atoms with Crippen LogP contribution in [-0.2, 0) is 7.05 Å². The highest BCUT2D eigenvalue weighted by Gasteiger charge is 2.28. The van der Waals surface area contributed by atoms with Crippen molar-refractivity contribution in [2.24, 2.45) is 7.05 Å². The zero-order valence-corrected chi connectivity index (χ0v) is 16.0. The predicted molar refractivity (Wildman–Crippen MR) is 104 cm³/mol. The van der Waals surface area contributed by atoms with E-state index < -0.39 is 0 Å².